The maximum absolute atomic E-state index is 3.66. The third-order valence-corrected chi connectivity index (χ3v) is 5.70. The minimum atomic E-state index is 0.354. The summed E-state index contributed by atoms with van der Waals surface area (Å²) in [6.45, 7) is 7.69. The molecule has 0 saturated heterocycles. The molecule has 1 unspecified atom stereocenters. The molecule has 0 spiro atoms. The summed E-state index contributed by atoms with van der Waals surface area (Å²) < 4.78 is 0. The molecule has 0 fully saturated rings. The summed E-state index contributed by atoms with van der Waals surface area (Å²) in [5.41, 5.74) is 4.40. The molecule has 1 aromatic heterocycles. The minimum Gasteiger partial charge on any atom is -0.306 e. The summed E-state index contributed by atoms with van der Waals surface area (Å²) in [5.74, 6) is 0.599. The van der Waals surface area contributed by atoms with Crippen LogP contribution in [0.4, 0.5) is 0 Å². The van der Waals surface area contributed by atoms with Crippen LogP contribution in [0.25, 0.3) is 0 Å². The Morgan fingerprint density at radius 3 is 2.43 bits per heavy atom. The summed E-state index contributed by atoms with van der Waals surface area (Å²) in [4.78, 5) is 3.10. The fraction of sp³-hybridized carbons (Fsp3) is 0.474. The highest BCUT2D eigenvalue weighted by atomic mass is 32.1. The Labute approximate surface area is 132 Å². The van der Waals surface area contributed by atoms with Gasteiger partial charge >= 0.3 is 0 Å². The summed E-state index contributed by atoms with van der Waals surface area (Å²) in [5, 5.41) is 3.66. The number of fused-ring (bicyclic) bond motifs is 1. The van der Waals surface area contributed by atoms with E-state index in [9.17, 15) is 0 Å². The van der Waals surface area contributed by atoms with Crippen LogP contribution in [0.15, 0.2) is 30.3 Å². The maximum Gasteiger partial charge on any atom is 0.0671 e. The maximum atomic E-state index is 3.66. The first-order valence-electron chi connectivity index (χ1n) is 8.13. The third kappa shape index (κ3) is 3.07. The fourth-order valence-electron chi connectivity index (χ4n) is 3.15. The molecule has 0 radical (unpaired) electrons. The van der Waals surface area contributed by atoms with E-state index in [4.69, 9.17) is 0 Å². The summed E-state index contributed by atoms with van der Waals surface area (Å²) in [6.07, 6.45) is 3.90. The molecule has 21 heavy (non-hydrogen) atoms. The predicted octanol–water partition coefficient (Wildman–Crippen LogP) is 5.06. The first-order valence-corrected chi connectivity index (χ1v) is 8.95. The molecule has 1 aliphatic carbocycles. The third-order valence-electron chi connectivity index (χ3n) is 4.39. The van der Waals surface area contributed by atoms with Crippen molar-refractivity contribution in [2.45, 2.75) is 52.0 Å². The molecule has 1 heterocycles. The van der Waals surface area contributed by atoms with Crippen LogP contribution in [0.5, 0.6) is 0 Å². The molecule has 0 amide bonds. The molecule has 0 saturated carbocycles. The molecular formula is C19H25NS. The predicted molar refractivity (Wildman–Crippen MR) is 92.4 cm³/mol. The minimum absolute atomic E-state index is 0.354. The molecule has 1 atom stereocenters. The Balaban J connectivity index is 1.89. The SMILES string of the molecule is CCNC(c1ccc(C(C)C)cc1)c1cc2c(s1)CCC2. The van der Waals surface area contributed by atoms with Gasteiger partial charge in [0, 0.05) is 9.75 Å². The number of benzene rings is 1. The fourth-order valence-corrected chi connectivity index (χ4v) is 4.52. The lowest BCUT2D eigenvalue weighted by atomic mass is 9.98. The van der Waals surface area contributed by atoms with Crippen molar-refractivity contribution in [2.24, 2.45) is 0 Å². The lowest BCUT2D eigenvalue weighted by molar-refractivity contribution is 0.638. The normalized spacial score (nSPS) is 15.4. The van der Waals surface area contributed by atoms with Crippen molar-refractivity contribution < 1.29 is 0 Å². The molecule has 0 bridgehead atoms. The standard InChI is InChI=1S/C19H25NS/c1-4-20-19(15-10-8-14(9-11-15)13(2)3)18-12-16-6-5-7-17(16)21-18/h8-13,19-20H,4-7H2,1-3H3. The van der Waals surface area contributed by atoms with Crippen molar-refractivity contribution in [2.75, 3.05) is 6.54 Å². The van der Waals surface area contributed by atoms with Crippen LogP contribution in [0.1, 0.15) is 65.6 Å². The summed E-state index contributed by atoms with van der Waals surface area (Å²) >= 11 is 2.01. The smallest absolute Gasteiger partial charge is 0.0671 e. The lowest BCUT2D eigenvalue weighted by Crippen LogP contribution is -2.21. The van der Waals surface area contributed by atoms with Gasteiger partial charge in [-0.3, -0.25) is 0 Å². The van der Waals surface area contributed by atoms with Gasteiger partial charge in [0.05, 0.1) is 6.04 Å². The average molecular weight is 299 g/mol. The van der Waals surface area contributed by atoms with E-state index in [1.165, 1.54) is 35.3 Å². The highest BCUT2D eigenvalue weighted by molar-refractivity contribution is 7.12. The van der Waals surface area contributed by atoms with Crippen molar-refractivity contribution in [3.8, 4) is 0 Å². The van der Waals surface area contributed by atoms with E-state index in [-0.39, 0.29) is 0 Å². The number of rotatable bonds is 5. The van der Waals surface area contributed by atoms with Gasteiger partial charge < -0.3 is 5.32 Å². The topological polar surface area (TPSA) is 12.0 Å². The van der Waals surface area contributed by atoms with Crippen molar-refractivity contribution in [1.82, 2.24) is 5.32 Å². The molecule has 2 heteroatoms. The van der Waals surface area contributed by atoms with Gasteiger partial charge in [-0.15, -0.1) is 11.3 Å². The zero-order valence-electron chi connectivity index (χ0n) is 13.3. The van der Waals surface area contributed by atoms with Gasteiger partial charge in [0.15, 0.2) is 0 Å². The van der Waals surface area contributed by atoms with Crippen molar-refractivity contribution in [1.29, 1.82) is 0 Å². The van der Waals surface area contributed by atoms with Gasteiger partial charge in [-0.25, -0.2) is 0 Å². The molecule has 3 rings (SSSR count). The molecule has 112 valence electrons. The van der Waals surface area contributed by atoms with Gasteiger partial charge in [-0.1, -0.05) is 45.0 Å². The van der Waals surface area contributed by atoms with Crippen molar-refractivity contribution in [3.63, 3.8) is 0 Å². The number of nitrogens with one attached hydrogen (secondary N) is 1. The van der Waals surface area contributed by atoms with Crippen LogP contribution in [0.2, 0.25) is 0 Å². The molecule has 1 aliphatic rings. The highest BCUT2D eigenvalue weighted by Gasteiger charge is 2.21. The first-order chi connectivity index (χ1) is 10.2. The van der Waals surface area contributed by atoms with Crippen LogP contribution in [0.3, 0.4) is 0 Å². The second kappa shape index (κ2) is 6.33. The van der Waals surface area contributed by atoms with E-state index in [0.29, 0.717) is 12.0 Å². The van der Waals surface area contributed by atoms with Gasteiger partial charge in [0.2, 0.25) is 0 Å². The first kappa shape index (κ1) is 14.8. The van der Waals surface area contributed by atoms with E-state index >= 15 is 0 Å². The van der Waals surface area contributed by atoms with Gasteiger partial charge in [-0.2, -0.15) is 0 Å². The van der Waals surface area contributed by atoms with Crippen molar-refractivity contribution in [3.05, 3.63) is 56.8 Å². The Morgan fingerprint density at radius 2 is 1.81 bits per heavy atom. The Kier molecular flexibility index (Phi) is 4.46. The largest absolute Gasteiger partial charge is 0.306 e. The van der Waals surface area contributed by atoms with Crippen LogP contribution >= 0.6 is 11.3 Å². The Bertz CT molecular complexity index is 573. The second-order valence-electron chi connectivity index (χ2n) is 6.26. The van der Waals surface area contributed by atoms with Crippen LogP contribution < -0.4 is 5.32 Å². The van der Waals surface area contributed by atoms with Gasteiger partial charge in [-0.05, 0) is 54.5 Å². The lowest BCUT2D eigenvalue weighted by Gasteiger charge is -2.18. The van der Waals surface area contributed by atoms with E-state index in [1.54, 1.807) is 10.4 Å². The van der Waals surface area contributed by atoms with E-state index in [2.05, 4.69) is 56.4 Å². The number of thiophene rings is 1. The zero-order chi connectivity index (χ0) is 14.8. The van der Waals surface area contributed by atoms with Crippen molar-refractivity contribution >= 4 is 11.3 Å². The second-order valence-corrected chi connectivity index (χ2v) is 7.43. The van der Waals surface area contributed by atoms with E-state index in [1.807, 2.05) is 11.3 Å². The van der Waals surface area contributed by atoms with E-state index < -0.39 is 0 Å². The van der Waals surface area contributed by atoms with Crippen LogP contribution in [-0.2, 0) is 12.8 Å². The highest BCUT2D eigenvalue weighted by Crippen LogP contribution is 2.36. The van der Waals surface area contributed by atoms with Crippen LogP contribution in [0, 0.1) is 0 Å². The van der Waals surface area contributed by atoms with Gasteiger partial charge in [0.25, 0.3) is 0 Å². The average Bonchev–Trinajstić information content (AvgIpc) is 3.06. The molecule has 1 N–H and O–H groups in total. The van der Waals surface area contributed by atoms with E-state index in [0.717, 1.165) is 6.54 Å². The summed E-state index contributed by atoms with van der Waals surface area (Å²) in [7, 11) is 0. The number of aryl methyl sites for hydroxylation is 2. The zero-order valence-corrected chi connectivity index (χ0v) is 14.1. The molecule has 1 aromatic carbocycles. The molecule has 2 aromatic rings. The molecule has 1 nitrogen and oxygen atoms in total. The van der Waals surface area contributed by atoms with Gasteiger partial charge in [0.1, 0.15) is 0 Å². The molecular weight excluding hydrogens is 274 g/mol. The Hall–Kier alpha value is -1.12. The van der Waals surface area contributed by atoms with Crippen LogP contribution in [-0.4, -0.2) is 6.54 Å². The Morgan fingerprint density at radius 1 is 1.10 bits per heavy atom. The quantitative estimate of drug-likeness (QED) is 0.813. The number of hydrogen-bond donors (Lipinski definition) is 1. The monoisotopic (exact) mass is 299 g/mol. The number of hydrogen-bond acceptors (Lipinski definition) is 2. The summed E-state index contributed by atoms with van der Waals surface area (Å²) in [6, 6.07) is 12.0. The molecule has 0 aliphatic heterocycles.